The van der Waals surface area contributed by atoms with Crippen LogP contribution in [0.3, 0.4) is 0 Å². The molecule has 2 heterocycles. The number of hydrogen-bond acceptors (Lipinski definition) is 3. The Labute approximate surface area is 171 Å². The topological polar surface area (TPSA) is 54.9 Å². The third kappa shape index (κ3) is 3.83. The van der Waals surface area contributed by atoms with Crippen LogP contribution in [0, 0.1) is 0 Å². The zero-order valence-corrected chi connectivity index (χ0v) is 17.2. The SMILES string of the molecule is C[C@@H](NC(=O)c1ccc2cc(C(C)(C)C)ccc2n1)c1ccnc2ccccc12. The number of amides is 1. The summed E-state index contributed by atoms with van der Waals surface area (Å²) in [5.74, 6) is -0.180. The van der Waals surface area contributed by atoms with Gasteiger partial charge in [-0.1, -0.05) is 51.1 Å². The van der Waals surface area contributed by atoms with Gasteiger partial charge in [-0.2, -0.15) is 0 Å². The van der Waals surface area contributed by atoms with Crippen molar-refractivity contribution in [2.24, 2.45) is 0 Å². The summed E-state index contributed by atoms with van der Waals surface area (Å²) in [6.45, 7) is 8.55. The van der Waals surface area contributed by atoms with Gasteiger partial charge in [-0.3, -0.25) is 9.78 Å². The molecule has 0 fully saturated rings. The van der Waals surface area contributed by atoms with Crippen molar-refractivity contribution in [2.45, 2.75) is 39.2 Å². The van der Waals surface area contributed by atoms with Crippen LogP contribution in [0.1, 0.15) is 55.4 Å². The molecule has 2 aromatic carbocycles. The molecule has 0 aliphatic carbocycles. The lowest BCUT2D eigenvalue weighted by Crippen LogP contribution is -2.27. The summed E-state index contributed by atoms with van der Waals surface area (Å²) in [5, 5.41) is 5.16. The van der Waals surface area contributed by atoms with Crippen LogP contribution in [0.5, 0.6) is 0 Å². The van der Waals surface area contributed by atoms with Gasteiger partial charge in [0, 0.05) is 17.0 Å². The second kappa shape index (κ2) is 7.28. The monoisotopic (exact) mass is 383 g/mol. The van der Waals surface area contributed by atoms with E-state index in [0.717, 1.165) is 27.4 Å². The average Bonchev–Trinajstić information content (AvgIpc) is 2.71. The Morgan fingerprint density at radius 3 is 2.55 bits per heavy atom. The molecule has 0 aliphatic rings. The third-order valence-corrected chi connectivity index (χ3v) is 5.28. The van der Waals surface area contributed by atoms with Crippen molar-refractivity contribution in [1.82, 2.24) is 15.3 Å². The summed E-state index contributed by atoms with van der Waals surface area (Å²) in [6, 6.07) is 19.7. The van der Waals surface area contributed by atoms with E-state index in [1.165, 1.54) is 5.56 Å². The van der Waals surface area contributed by atoms with Gasteiger partial charge in [0.2, 0.25) is 0 Å². The molecule has 2 aromatic heterocycles. The number of aromatic nitrogens is 2. The summed E-state index contributed by atoms with van der Waals surface area (Å²) >= 11 is 0. The third-order valence-electron chi connectivity index (χ3n) is 5.28. The summed E-state index contributed by atoms with van der Waals surface area (Å²) in [5.41, 5.74) is 4.54. The summed E-state index contributed by atoms with van der Waals surface area (Å²) < 4.78 is 0. The van der Waals surface area contributed by atoms with Crippen molar-refractivity contribution >= 4 is 27.7 Å². The number of fused-ring (bicyclic) bond motifs is 2. The molecule has 1 amide bonds. The molecular weight excluding hydrogens is 358 g/mol. The standard InChI is InChI=1S/C25H25N3O/c1-16(19-13-14-26-22-8-6-5-7-20(19)22)27-24(29)23-11-9-17-15-18(25(2,3)4)10-12-21(17)28-23/h5-16H,1-4H3,(H,27,29)/t16-/m1/s1. The van der Waals surface area contributed by atoms with E-state index in [9.17, 15) is 4.79 Å². The minimum atomic E-state index is -0.180. The fraction of sp³-hybridized carbons (Fsp3) is 0.240. The van der Waals surface area contributed by atoms with E-state index in [-0.39, 0.29) is 17.4 Å². The van der Waals surface area contributed by atoms with Crippen LogP contribution in [-0.2, 0) is 5.41 Å². The van der Waals surface area contributed by atoms with Crippen LogP contribution >= 0.6 is 0 Å². The van der Waals surface area contributed by atoms with Crippen LogP contribution in [0.4, 0.5) is 0 Å². The molecule has 1 N–H and O–H groups in total. The molecule has 0 unspecified atom stereocenters. The molecular formula is C25H25N3O. The Morgan fingerprint density at radius 1 is 0.966 bits per heavy atom. The number of hydrogen-bond donors (Lipinski definition) is 1. The Kier molecular flexibility index (Phi) is 4.79. The van der Waals surface area contributed by atoms with E-state index in [2.05, 4.69) is 48.2 Å². The number of rotatable bonds is 3. The number of para-hydroxylation sites is 1. The highest BCUT2D eigenvalue weighted by molar-refractivity contribution is 5.95. The van der Waals surface area contributed by atoms with Gasteiger partial charge in [-0.05, 0) is 53.8 Å². The van der Waals surface area contributed by atoms with Gasteiger partial charge < -0.3 is 5.32 Å². The molecule has 29 heavy (non-hydrogen) atoms. The van der Waals surface area contributed by atoms with Gasteiger partial charge in [0.1, 0.15) is 5.69 Å². The van der Waals surface area contributed by atoms with Crippen molar-refractivity contribution in [3.05, 3.63) is 83.7 Å². The molecule has 4 aromatic rings. The van der Waals surface area contributed by atoms with Crippen LogP contribution < -0.4 is 5.32 Å². The first-order valence-electron chi connectivity index (χ1n) is 9.89. The number of carbonyl (C=O) groups is 1. The lowest BCUT2D eigenvalue weighted by atomic mass is 9.86. The zero-order valence-electron chi connectivity index (χ0n) is 17.2. The van der Waals surface area contributed by atoms with Gasteiger partial charge in [0.25, 0.3) is 5.91 Å². The number of nitrogens with zero attached hydrogens (tertiary/aromatic N) is 2. The van der Waals surface area contributed by atoms with Crippen molar-refractivity contribution < 1.29 is 4.79 Å². The quantitative estimate of drug-likeness (QED) is 0.503. The van der Waals surface area contributed by atoms with Crippen molar-refractivity contribution in [2.75, 3.05) is 0 Å². The molecule has 0 saturated carbocycles. The lowest BCUT2D eigenvalue weighted by molar-refractivity contribution is 0.0935. The second-order valence-electron chi connectivity index (χ2n) is 8.47. The predicted molar refractivity (Wildman–Crippen MR) is 118 cm³/mol. The molecule has 4 heteroatoms. The van der Waals surface area contributed by atoms with Crippen LogP contribution in [0.25, 0.3) is 21.8 Å². The van der Waals surface area contributed by atoms with Gasteiger partial charge in [-0.25, -0.2) is 4.98 Å². The first kappa shape index (κ1) is 19.1. The molecule has 146 valence electrons. The maximum absolute atomic E-state index is 12.8. The molecule has 0 saturated heterocycles. The first-order valence-corrected chi connectivity index (χ1v) is 9.89. The van der Waals surface area contributed by atoms with Crippen molar-refractivity contribution in [3.63, 3.8) is 0 Å². The van der Waals surface area contributed by atoms with Gasteiger partial charge in [0.15, 0.2) is 0 Å². The Morgan fingerprint density at radius 2 is 1.76 bits per heavy atom. The number of carbonyl (C=O) groups excluding carboxylic acids is 1. The highest BCUT2D eigenvalue weighted by Crippen LogP contribution is 2.26. The van der Waals surface area contributed by atoms with Gasteiger partial charge in [-0.15, -0.1) is 0 Å². The minimum absolute atomic E-state index is 0.0764. The van der Waals surface area contributed by atoms with Gasteiger partial charge >= 0.3 is 0 Å². The lowest BCUT2D eigenvalue weighted by Gasteiger charge is -2.19. The van der Waals surface area contributed by atoms with E-state index in [4.69, 9.17) is 0 Å². The van der Waals surface area contributed by atoms with Crippen molar-refractivity contribution in [3.8, 4) is 0 Å². The normalized spacial score (nSPS) is 12.8. The predicted octanol–water partition coefficient (Wildman–Crippen LogP) is 5.57. The molecule has 4 nitrogen and oxygen atoms in total. The Hall–Kier alpha value is -3.27. The molecule has 0 radical (unpaired) electrons. The van der Waals surface area contributed by atoms with E-state index in [1.54, 1.807) is 12.3 Å². The summed E-state index contributed by atoms with van der Waals surface area (Å²) in [6.07, 6.45) is 1.78. The molecule has 4 rings (SSSR count). The van der Waals surface area contributed by atoms with Crippen molar-refractivity contribution in [1.29, 1.82) is 0 Å². The Bertz CT molecular complexity index is 1200. The van der Waals surface area contributed by atoms with E-state index < -0.39 is 0 Å². The zero-order chi connectivity index (χ0) is 20.6. The van der Waals surface area contributed by atoms with E-state index in [1.807, 2.05) is 49.4 Å². The highest BCUT2D eigenvalue weighted by atomic mass is 16.1. The Balaban J connectivity index is 1.60. The van der Waals surface area contributed by atoms with E-state index in [0.29, 0.717) is 5.69 Å². The van der Waals surface area contributed by atoms with Crippen LogP contribution in [0.2, 0.25) is 0 Å². The fourth-order valence-electron chi connectivity index (χ4n) is 3.56. The number of pyridine rings is 2. The molecule has 0 aliphatic heterocycles. The molecule has 0 bridgehead atoms. The fourth-order valence-corrected chi connectivity index (χ4v) is 3.56. The minimum Gasteiger partial charge on any atom is -0.344 e. The average molecular weight is 383 g/mol. The first-order chi connectivity index (χ1) is 13.8. The van der Waals surface area contributed by atoms with Gasteiger partial charge in [0.05, 0.1) is 17.1 Å². The van der Waals surface area contributed by atoms with Crippen LogP contribution in [0.15, 0.2) is 66.9 Å². The number of benzene rings is 2. The summed E-state index contributed by atoms with van der Waals surface area (Å²) in [7, 11) is 0. The molecule has 1 atom stereocenters. The van der Waals surface area contributed by atoms with E-state index >= 15 is 0 Å². The second-order valence-corrected chi connectivity index (χ2v) is 8.47. The number of nitrogens with one attached hydrogen (secondary N) is 1. The van der Waals surface area contributed by atoms with Crippen LogP contribution in [-0.4, -0.2) is 15.9 Å². The molecule has 0 spiro atoms. The highest BCUT2D eigenvalue weighted by Gasteiger charge is 2.17. The largest absolute Gasteiger partial charge is 0.344 e. The smallest absolute Gasteiger partial charge is 0.270 e. The maximum atomic E-state index is 12.8. The maximum Gasteiger partial charge on any atom is 0.270 e. The summed E-state index contributed by atoms with van der Waals surface area (Å²) in [4.78, 5) is 21.8.